The Labute approximate surface area is 142 Å². The molecule has 6 heteroatoms. The molecule has 0 atom stereocenters. The van der Waals surface area contributed by atoms with Gasteiger partial charge in [0.2, 0.25) is 0 Å². The molecule has 1 aromatic heterocycles. The Morgan fingerprint density at radius 1 is 1.21 bits per heavy atom. The van der Waals surface area contributed by atoms with Crippen LogP contribution in [0.4, 0.5) is 0 Å². The van der Waals surface area contributed by atoms with E-state index in [9.17, 15) is 4.79 Å². The van der Waals surface area contributed by atoms with Gasteiger partial charge in [0.1, 0.15) is 11.4 Å². The van der Waals surface area contributed by atoms with Crippen molar-refractivity contribution in [1.29, 1.82) is 0 Å². The summed E-state index contributed by atoms with van der Waals surface area (Å²) in [4.78, 5) is 12.0. The molecule has 1 heterocycles. The maximum Gasteiger partial charge on any atom is 0.361 e. The summed E-state index contributed by atoms with van der Waals surface area (Å²) in [6.07, 6.45) is 1.01. The van der Waals surface area contributed by atoms with Crippen LogP contribution in [-0.2, 0) is 4.74 Å². The number of hydrogen-bond acceptors (Lipinski definition) is 5. The zero-order chi connectivity index (χ0) is 17.7. The topological polar surface area (TPSA) is 77.1 Å². The molecule has 1 N–H and O–H groups in total. The number of aromatic amines is 1. The Kier molecular flexibility index (Phi) is 5.95. The molecule has 0 radical (unpaired) electrons. The molecule has 0 saturated carbocycles. The Balaban J connectivity index is 2.29. The molecule has 0 aliphatic carbocycles. The minimum atomic E-state index is -0.475. The lowest BCUT2D eigenvalue weighted by Crippen LogP contribution is -2.08. The predicted octanol–water partition coefficient (Wildman–Crippen LogP) is 3.69. The highest BCUT2D eigenvalue weighted by Crippen LogP contribution is 2.31. The zero-order valence-electron chi connectivity index (χ0n) is 15.0. The number of nitrogens with zero attached hydrogens (tertiary/aromatic N) is 2. The molecular weight excluding hydrogens is 306 g/mol. The summed E-state index contributed by atoms with van der Waals surface area (Å²) in [6.45, 7) is 11.0. The Morgan fingerprint density at radius 2 is 1.88 bits per heavy atom. The second-order valence-corrected chi connectivity index (χ2v) is 6.20. The summed E-state index contributed by atoms with van der Waals surface area (Å²) in [6, 6.07) is 3.93. The van der Waals surface area contributed by atoms with E-state index in [-0.39, 0.29) is 5.69 Å². The molecule has 6 nitrogen and oxygen atoms in total. The van der Waals surface area contributed by atoms with Gasteiger partial charge in [-0.25, -0.2) is 4.79 Å². The number of rotatable bonds is 7. The van der Waals surface area contributed by atoms with E-state index in [1.54, 1.807) is 6.92 Å². The fraction of sp³-hybridized carbons (Fsp3) is 0.500. The number of H-pyrrole nitrogens is 1. The SMILES string of the molecule is CCOC(=O)c1n[nH]nc1-c1c(C)cc(OCCC(C)C)cc1C. The van der Waals surface area contributed by atoms with Crippen molar-refractivity contribution < 1.29 is 14.3 Å². The average molecular weight is 331 g/mol. The lowest BCUT2D eigenvalue weighted by molar-refractivity contribution is 0.0520. The van der Waals surface area contributed by atoms with Crippen LogP contribution in [0.2, 0.25) is 0 Å². The van der Waals surface area contributed by atoms with Crippen LogP contribution in [0.15, 0.2) is 12.1 Å². The second kappa shape index (κ2) is 7.95. The summed E-state index contributed by atoms with van der Waals surface area (Å²) in [5.41, 5.74) is 3.56. The zero-order valence-corrected chi connectivity index (χ0v) is 15.0. The molecule has 0 bridgehead atoms. The summed E-state index contributed by atoms with van der Waals surface area (Å²) >= 11 is 0. The number of carbonyl (C=O) groups excluding carboxylic acids is 1. The first-order valence-electron chi connectivity index (χ1n) is 8.26. The van der Waals surface area contributed by atoms with E-state index in [1.807, 2.05) is 26.0 Å². The van der Waals surface area contributed by atoms with Crippen LogP contribution in [0.5, 0.6) is 5.75 Å². The fourth-order valence-electron chi connectivity index (χ4n) is 2.54. The van der Waals surface area contributed by atoms with Crippen molar-refractivity contribution in [3.8, 4) is 17.0 Å². The van der Waals surface area contributed by atoms with Crippen molar-refractivity contribution in [2.24, 2.45) is 5.92 Å². The third-order valence-electron chi connectivity index (χ3n) is 3.72. The van der Waals surface area contributed by atoms with Gasteiger partial charge in [-0.3, -0.25) is 0 Å². The highest BCUT2D eigenvalue weighted by Gasteiger charge is 2.22. The molecule has 0 fully saturated rings. The van der Waals surface area contributed by atoms with Gasteiger partial charge in [-0.05, 0) is 56.4 Å². The maximum atomic E-state index is 12.0. The van der Waals surface area contributed by atoms with Crippen molar-refractivity contribution in [3.05, 3.63) is 29.0 Å². The molecule has 1 aromatic carbocycles. The van der Waals surface area contributed by atoms with Gasteiger partial charge in [-0.2, -0.15) is 10.3 Å². The third kappa shape index (κ3) is 4.13. The van der Waals surface area contributed by atoms with E-state index >= 15 is 0 Å². The third-order valence-corrected chi connectivity index (χ3v) is 3.72. The first kappa shape index (κ1) is 18.0. The van der Waals surface area contributed by atoms with Crippen LogP contribution >= 0.6 is 0 Å². The number of nitrogens with one attached hydrogen (secondary N) is 1. The molecular formula is C18H25N3O3. The smallest absolute Gasteiger partial charge is 0.361 e. The molecule has 0 spiro atoms. The molecule has 2 rings (SSSR count). The van der Waals surface area contributed by atoms with Crippen molar-refractivity contribution in [3.63, 3.8) is 0 Å². The van der Waals surface area contributed by atoms with E-state index in [2.05, 4.69) is 29.3 Å². The van der Waals surface area contributed by atoms with E-state index < -0.39 is 5.97 Å². The number of aromatic nitrogens is 3. The largest absolute Gasteiger partial charge is 0.494 e. The summed E-state index contributed by atoms with van der Waals surface area (Å²) in [7, 11) is 0. The maximum absolute atomic E-state index is 12.0. The van der Waals surface area contributed by atoms with Gasteiger partial charge in [0, 0.05) is 5.56 Å². The quantitative estimate of drug-likeness (QED) is 0.783. The standard InChI is InChI=1S/C18H25N3O3/c1-6-23-18(22)17-16(19-21-20-17)15-12(4)9-14(10-13(15)5)24-8-7-11(2)3/h9-11H,6-8H2,1-5H3,(H,19,20,21). The van der Waals surface area contributed by atoms with Crippen molar-refractivity contribution in [2.45, 2.75) is 41.0 Å². The molecule has 2 aromatic rings. The minimum absolute atomic E-state index is 0.205. The Bertz CT molecular complexity index is 684. The average Bonchev–Trinajstić information content (AvgIpc) is 2.95. The van der Waals surface area contributed by atoms with Crippen LogP contribution in [0.25, 0.3) is 11.3 Å². The van der Waals surface area contributed by atoms with Gasteiger partial charge in [0.15, 0.2) is 5.69 Å². The van der Waals surface area contributed by atoms with Crippen molar-refractivity contribution >= 4 is 5.97 Å². The number of carbonyl (C=O) groups is 1. The van der Waals surface area contributed by atoms with E-state index in [1.165, 1.54) is 0 Å². The number of hydrogen-bond donors (Lipinski definition) is 1. The molecule has 0 aliphatic heterocycles. The second-order valence-electron chi connectivity index (χ2n) is 6.20. The molecule has 0 saturated heterocycles. The molecule has 0 amide bonds. The van der Waals surface area contributed by atoms with Gasteiger partial charge >= 0.3 is 5.97 Å². The molecule has 0 unspecified atom stereocenters. The highest BCUT2D eigenvalue weighted by atomic mass is 16.5. The van der Waals surface area contributed by atoms with Crippen LogP contribution in [0.1, 0.15) is 48.8 Å². The van der Waals surface area contributed by atoms with Crippen LogP contribution < -0.4 is 4.74 Å². The van der Waals surface area contributed by atoms with Crippen LogP contribution in [-0.4, -0.2) is 34.6 Å². The van der Waals surface area contributed by atoms with Gasteiger partial charge in [-0.1, -0.05) is 13.8 Å². The van der Waals surface area contributed by atoms with E-state index in [4.69, 9.17) is 9.47 Å². The Morgan fingerprint density at radius 3 is 2.46 bits per heavy atom. The van der Waals surface area contributed by atoms with Gasteiger partial charge in [-0.15, -0.1) is 5.10 Å². The highest BCUT2D eigenvalue weighted by molar-refractivity contribution is 5.94. The molecule has 24 heavy (non-hydrogen) atoms. The monoisotopic (exact) mass is 331 g/mol. The molecule has 130 valence electrons. The van der Waals surface area contributed by atoms with Gasteiger partial charge < -0.3 is 9.47 Å². The summed E-state index contributed by atoms with van der Waals surface area (Å²) in [5, 5.41) is 10.6. The van der Waals surface area contributed by atoms with Crippen molar-refractivity contribution in [1.82, 2.24) is 15.4 Å². The first-order chi connectivity index (χ1) is 11.4. The fourth-order valence-corrected chi connectivity index (χ4v) is 2.54. The van der Waals surface area contributed by atoms with Gasteiger partial charge in [0.25, 0.3) is 0 Å². The number of benzene rings is 1. The van der Waals surface area contributed by atoms with Crippen LogP contribution in [0, 0.1) is 19.8 Å². The minimum Gasteiger partial charge on any atom is -0.494 e. The van der Waals surface area contributed by atoms with Crippen LogP contribution in [0.3, 0.4) is 0 Å². The molecule has 0 aliphatic rings. The van der Waals surface area contributed by atoms with Gasteiger partial charge in [0.05, 0.1) is 13.2 Å². The summed E-state index contributed by atoms with van der Waals surface area (Å²) in [5.74, 6) is 0.960. The Hall–Kier alpha value is -2.37. The van der Waals surface area contributed by atoms with Crippen molar-refractivity contribution in [2.75, 3.05) is 13.2 Å². The van der Waals surface area contributed by atoms with E-state index in [0.717, 1.165) is 28.9 Å². The normalized spacial score (nSPS) is 10.9. The first-order valence-corrected chi connectivity index (χ1v) is 8.26. The number of aryl methyl sites for hydroxylation is 2. The van der Waals surface area contributed by atoms with E-state index in [0.29, 0.717) is 24.8 Å². The predicted molar refractivity (Wildman–Crippen MR) is 92.2 cm³/mol. The lowest BCUT2D eigenvalue weighted by Gasteiger charge is -2.13. The summed E-state index contributed by atoms with van der Waals surface area (Å²) < 4.78 is 10.9. The number of esters is 1. The number of ether oxygens (including phenoxy) is 2. The lowest BCUT2D eigenvalue weighted by atomic mass is 9.98.